The van der Waals surface area contributed by atoms with Gasteiger partial charge < -0.3 is 15.4 Å². The third kappa shape index (κ3) is 5.16. The van der Waals surface area contributed by atoms with Gasteiger partial charge in [0.1, 0.15) is 0 Å². The number of amides is 1. The van der Waals surface area contributed by atoms with Crippen LogP contribution in [0.5, 0.6) is 0 Å². The Balaban J connectivity index is 2.20. The first-order valence-electron chi connectivity index (χ1n) is 6.16. The molecule has 0 spiro atoms. The summed E-state index contributed by atoms with van der Waals surface area (Å²) in [6, 6.07) is 2.48. The maximum Gasteiger partial charge on any atom is 0.234 e. The number of hydrogen-bond donors (Lipinski definition) is 2. The second-order valence-electron chi connectivity index (χ2n) is 4.35. The first-order valence-corrected chi connectivity index (χ1v) is 6.16. The lowest BCUT2D eigenvalue weighted by Gasteiger charge is -2.27. The summed E-state index contributed by atoms with van der Waals surface area (Å²) >= 11 is 0. The van der Waals surface area contributed by atoms with E-state index >= 15 is 0 Å². The number of rotatable bonds is 6. The molecule has 1 aliphatic carbocycles. The third-order valence-electron chi connectivity index (χ3n) is 3.08. The van der Waals surface area contributed by atoms with Gasteiger partial charge in [0.15, 0.2) is 0 Å². The molecule has 0 aromatic heterocycles. The van der Waals surface area contributed by atoms with Crippen molar-refractivity contribution in [3.8, 4) is 6.07 Å². The highest BCUT2D eigenvalue weighted by Gasteiger charge is 2.24. The van der Waals surface area contributed by atoms with Crippen molar-refractivity contribution in [3.05, 3.63) is 0 Å². The van der Waals surface area contributed by atoms with Crippen LogP contribution in [0.3, 0.4) is 0 Å². The quantitative estimate of drug-likeness (QED) is 0.659. The van der Waals surface area contributed by atoms with E-state index in [-0.39, 0.29) is 24.4 Å². The van der Waals surface area contributed by atoms with Gasteiger partial charge in [0, 0.05) is 19.7 Å². The fourth-order valence-corrected chi connectivity index (χ4v) is 2.11. The topological polar surface area (TPSA) is 74.2 Å². The molecule has 17 heavy (non-hydrogen) atoms. The minimum Gasteiger partial charge on any atom is -0.383 e. The maximum absolute atomic E-state index is 11.4. The summed E-state index contributed by atoms with van der Waals surface area (Å²) < 4.78 is 4.84. The van der Waals surface area contributed by atoms with Crippen molar-refractivity contribution in [2.24, 2.45) is 5.92 Å². The average molecular weight is 239 g/mol. The van der Waals surface area contributed by atoms with Gasteiger partial charge >= 0.3 is 0 Å². The summed E-state index contributed by atoms with van der Waals surface area (Å²) in [5.74, 6) is 0.0137. The predicted molar refractivity (Wildman–Crippen MR) is 64.2 cm³/mol. The zero-order valence-corrected chi connectivity index (χ0v) is 10.4. The maximum atomic E-state index is 11.4. The van der Waals surface area contributed by atoms with Crippen molar-refractivity contribution >= 4 is 5.91 Å². The second kappa shape index (κ2) is 8.04. The van der Waals surface area contributed by atoms with E-state index in [1.807, 2.05) is 0 Å². The average Bonchev–Trinajstić information content (AvgIpc) is 2.37. The molecule has 1 amide bonds. The van der Waals surface area contributed by atoms with E-state index in [2.05, 4.69) is 16.7 Å². The van der Waals surface area contributed by atoms with Crippen LogP contribution in [0.1, 0.15) is 25.7 Å². The fraction of sp³-hybridized carbons (Fsp3) is 0.833. The summed E-state index contributed by atoms with van der Waals surface area (Å²) in [6.45, 7) is 1.34. The molecular formula is C12H21N3O2. The fourth-order valence-electron chi connectivity index (χ4n) is 2.11. The molecule has 0 saturated heterocycles. The number of hydrogen-bond acceptors (Lipinski definition) is 4. The van der Waals surface area contributed by atoms with E-state index in [1.54, 1.807) is 7.11 Å². The number of methoxy groups -OCH3 is 1. The molecule has 0 aromatic rings. The van der Waals surface area contributed by atoms with Gasteiger partial charge in [0.25, 0.3) is 0 Å². The Hall–Kier alpha value is -1.12. The van der Waals surface area contributed by atoms with Crippen LogP contribution in [-0.2, 0) is 9.53 Å². The monoisotopic (exact) mass is 239 g/mol. The number of nitrogens with one attached hydrogen (secondary N) is 2. The molecule has 1 saturated carbocycles. The number of nitriles is 1. The van der Waals surface area contributed by atoms with Gasteiger partial charge in [-0.1, -0.05) is 12.8 Å². The lowest BCUT2D eigenvalue weighted by Crippen LogP contribution is -2.44. The summed E-state index contributed by atoms with van der Waals surface area (Å²) in [5.41, 5.74) is 0. The van der Waals surface area contributed by atoms with Crippen molar-refractivity contribution in [1.82, 2.24) is 10.6 Å². The molecule has 2 unspecified atom stereocenters. The summed E-state index contributed by atoms with van der Waals surface area (Å²) in [6.07, 6.45) is 4.20. The van der Waals surface area contributed by atoms with Gasteiger partial charge in [-0.15, -0.1) is 0 Å². The lowest BCUT2D eigenvalue weighted by atomic mass is 9.85. The van der Waals surface area contributed by atoms with Gasteiger partial charge in [-0.3, -0.25) is 4.79 Å². The van der Waals surface area contributed by atoms with E-state index in [0.29, 0.717) is 13.2 Å². The highest BCUT2D eigenvalue weighted by atomic mass is 16.5. The van der Waals surface area contributed by atoms with E-state index < -0.39 is 0 Å². The Morgan fingerprint density at radius 2 is 2.24 bits per heavy atom. The Labute approximate surface area is 103 Å². The largest absolute Gasteiger partial charge is 0.383 e. The van der Waals surface area contributed by atoms with E-state index in [1.165, 1.54) is 0 Å². The molecule has 1 fully saturated rings. The molecule has 2 N–H and O–H groups in total. The molecule has 2 atom stereocenters. The molecular weight excluding hydrogens is 218 g/mol. The molecule has 0 radical (unpaired) electrons. The van der Waals surface area contributed by atoms with Crippen molar-refractivity contribution in [1.29, 1.82) is 5.26 Å². The molecule has 0 bridgehead atoms. The standard InChI is InChI=1S/C12H21N3O2/c1-17-7-6-14-12(16)9-15-11-5-3-2-4-10(11)8-13/h10-11,15H,2-7,9H2,1H3,(H,14,16). The lowest BCUT2D eigenvalue weighted by molar-refractivity contribution is -0.120. The van der Waals surface area contributed by atoms with Gasteiger partial charge in [-0.25, -0.2) is 0 Å². The van der Waals surface area contributed by atoms with Gasteiger partial charge in [0.2, 0.25) is 5.91 Å². The molecule has 0 aliphatic heterocycles. The highest BCUT2D eigenvalue weighted by Crippen LogP contribution is 2.23. The van der Waals surface area contributed by atoms with Crippen molar-refractivity contribution in [2.45, 2.75) is 31.7 Å². The van der Waals surface area contributed by atoms with Crippen molar-refractivity contribution in [2.75, 3.05) is 26.8 Å². The molecule has 1 rings (SSSR count). The zero-order chi connectivity index (χ0) is 12.5. The minimum atomic E-state index is -0.0377. The van der Waals surface area contributed by atoms with Crippen molar-refractivity contribution in [3.63, 3.8) is 0 Å². The zero-order valence-electron chi connectivity index (χ0n) is 10.4. The SMILES string of the molecule is COCCNC(=O)CNC1CCCCC1C#N. The minimum absolute atomic E-state index is 0.0377. The Kier molecular flexibility index (Phi) is 6.60. The van der Waals surface area contributed by atoms with Crippen LogP contribution in [0.25, 0.3) is 0 Å². The Morgan fingerprint density at radius 1 is 1.47 bits per heavy atom. The normalized spacial score (nSPS) is 24.0. The smallest absolute Gasteiger partial charge is 0.234 e. The van der Waals surface area contributed by atoms with Crippen molar-refractivity contribution < 1.29 is 9.53 Å². The second-order valence-corrected chi connectivity index (χ2v) is 4.35. The molecule has 0 heterocycles. The van der Waals surface area contributed by atoms with E-state index in [9.17, 15) is 4.79 Å². The summed E-state index contributed by atoms with van der Waals surface area (Å²) in [7, 11) is 1.60. The summed E-state index contributed by atoms with van der Waals surface area (Å²) in [4.78, 5) is 11.4. The summed E-state index contributed by atoms with van der Waals surface area (Å²) in [5, 5.41) is 14.9. The molecule has 96 valence electrons. The highest BCUT2D eigenvalue weighted by molar-refractivity contribution is 5.77. The van der Waals surface area contributed by atoms with Gasteiger partial charge in [-0.2, -0.15) is 5.26 Å². The molecule has 5 heteroatoms. The van der Waals surface area contributed by atoms with E-state index in [0.717, 1.165) is 25.7 Å². The van der Waals surface area contributed by atoms with Crippen LogP contribution in [0.15, 0.2) is 0 Å². The number of nitrogens with zero attached hydrogens (tertiary/aromatic N) is 1. The molecule has 5 nitrogen and oxygen atoms in total. The van der Waals surface area contributed by atoms with Gasteiger partial charge in [-0.05, 0) is 12.8 Å². The first kappa shape index (κ1) is 13.9. The first-order chi connectivity index (χ1) is 8.27. The number of carbonyl (C=O) groups excluding carboxylic acids is 1. The molecule has 0 aromatic carbocycles. The number of ether oxygens (including phenoxy) is 1. The third-order valence-corrected chi connectivity index (χ3v) is 3.08. The molecule has 1 aliphatic rings. The van der Waals surface area contributed by atoms with E-state index in [4.69, 9.17) is 10.00 Å². The van der Waals surface area contributed by atoms with Crippen LogP contribution in [0.4, 0.5) is 0 Å². The Bertz CT molecular complexity index is 275. The van der Waals surface area contributed by atoms with Crippen LogP contribution < -0.4 is 10.6 Å². The van der Waals surface area contributed by atoms with Crippen LogP contribution in [-0.4, -0.2) is 38.8 Å². The Morgan fingerprint density at radius 3 is 2.94 bits per heavy atom. The van der Waals surface area contributed by atoms with Gasteiger partial charge in [0.05, 0.1) is 25.1 Å². The predicted octanol–water partition coefficient (Wildman–Crippen LogP) is 0.421. The van der Waals surface area contributed by atoms with Crippen LogP contribution >= 0.6 is 0 Å². The number of carbonyl (C=O) groups is 1. The van der Waals surface area contributed by atoms with Crippen LogP contribution in [0, 0.1) is 17.2 Å². The van der Waals surface area contributed by atoms with Crippen LogP contribution in [0.2, 0.25) is 0 Å².